The number of aryl methyl sites for hydroxylation is 1. The van der Waals surface area contributed by atoms with Crippen LogP contribution in [-0.2, 0) is 10.0 Å². The van der Waals surface area contributed by atoms with Crippen molar-refractivity contribution < 1.29 is 13.5 Å². The molecule has 5 nitrogen and oxygen atoms in total. The first-order chi connectivity index (χ1) is 9.83. The zero-order chi connectivity index (χ0) is 15.6. The maximum absolute atomic E-state index is 12.3. The average Bonchev–Trinajstić information content (AvgIpc) is 2.42. The number of nitrogens with zero attached hydrogens (tertiary/aromatic N) is 1. The maximum Gasteiger partial charge on any atom is 0.261 e. The number of phenolic OH excluding ortho intramolecular Hbond substituents is 1. The Labute approximate surface area is 127 Å². The number of hydrogen-bond donors (Lipinski definition) is 2. The van der Waals surface area contributed by atoms with E-state index in [1.165, 1.54) is 36.4 Å². The van der Waals surface area contributed by atoms with Crippen molar-refractivity contribution in [2.24, 2.45) is 0 Å². The zero-order valence-electron chi connectivity index (χ0n) is 11.0. The predicted molar refractivity (Wildman–Crippen MR) is 79.8 cm³/mol. The molecule has 0 aliphatic rings. The third kappa shape index (κ3) is 3.27. The monoisotopic (exact) mass is 322 g/mol. The molecule has 0 bridgehead atoms. The molecular weight excluding hydrogens is 312 g/mol. The lowest BCUT2D eigenvalue weighted by molar-refractivity contribution is 0.475. The van der Waals surface area contributed by atoms with Crippen molar-refractivity contribution in [3.8, 4) is 11.8 Å². The maximum atomic E-state index is 12.3. The van der Waals surface area contributed by atoms with Crippen molar-refractivity contribution in [3.05, 3.63) is 52.5 Å². The summed E-state index contributed by atoms with van der Waals surface area (Å²) < 4.78 is 27.0. The summed E-state index contributed by atoms with van der Waals surface area (Å²) in [6.07, 6.45) is 0. The number of halogens is 1. The van der Waals surface area contributed by atoms with Gasteiger partial charge in [-0.25, -0.2) is 8.42 Å². The Kier molecular flexibility index (Phi) is 4.07. The van der Waals surface area contributed by atoms with Gasteiger partial charge in [0, 0.05) is 0 Å². The van der Waals surface area contributed by atoms with Crippen LogP contribution in [0.1, 0.15) is 11.1 Å². The fourth-order valence-electron chi connectivity index (χ4n) is 1.72. The highest BCUT2D eigenvalue weighted by molar-refractivity contribution is 7.92. The van der Waals surface area contributed by atoms with E-state index < -0.39 is 10.0 Å². The van der Waals surface area contributed by atoms with Gasteiger partial charge in [0.25, 0.3) is 10.0 Å². The quantitative estimate of drug-likeness (QED) is 0.850. The number of aromatic hydroxyl groups is 1. The Balaban J connectivity index is 2.39. The molecule has 0 amide bonds. The smallest absolute Gasteiger partial charge is 0.261 e. The Hall–Kier alpha value is -2.23. The summed E-state index contributed by atoms with van der Waals surface area (Å²) in [6, 6.07) is 10.0. The Morgan fingerprint density at radius 2 is 1.95 bits per heavy atom. The highest BCUT2D eigenvalue weighted by atomic mass is 35.5. The molecule has 2 N–H and O–H groups in total. The largest absolute Gasteiger partial charge is 0.508 e. The van der Waals surface area contributed by atoms with Crippen LogP contribution in [-0.4, -0.2) is 13.5 Å². The van der Waals surface area contributed by atoms with E-state index in [9.17, 15) is 13.5 Å². The molecule has 2 aromatic rings. The first kappa shape index (κ1) is 15.2. The van der Waals surface area contributed by atoms with Gasteiger partial charge < -0.3 is 5.11 Å². The second kappa shape index (κ2) is 5.64. The molecule has 0 unspecified atom stereocenters. The second-order valence-corrected chi connectivity index (χ2v) is 6.45. The molecule has 0 fully saturated rings. The molecule has 7 heteroatoms. The van der Waals surface area contributed by atoms with Gasteiger partial charge in [-0.1, -0.05) is 11.6 Å². The lowest BCUT2D eigenvalue weighted by atomic mass is 10.2. The summed E-state index contributed by atoms with van der Waals surface area (Å²) in [5.74, 6) is 0.0527. The number of nitrogens with one attached hydrogen (secondary N) is 1. The molecular formula is C14H11ClN2O3S. The van der Waals surface area contributed by atoms with E-state index >= 15 is 0 Å². The lowest BCUT2D eigenvalue weighted by Crippen LogP contribution is -2.13. The molecule has 0 aromatic heterocycles. The summed E-state index contributed by atoms with van der Waals surface area (Å²) in [7, 11) is -3.82. The third-order valence-electron chi connectivity index (χ3n) is 2.83. The number of phenols is 1. The predicted octanol–water partition coefficient (Wildman–Crippen LogP) is 3.03. The van der Waals surface area contributed by atoms with Crippen molar-refractivity contribution in [1.29, 1.82) is 5.26 Å². The van der Waals surface area contributed by atoms with Crippen molar-refractivity contribution in [3.63, 3.8) is 0 Å². The topological polar surface area (TPSA) is 90.2 Å². The molecule has 0 atom stereocenters. The number of rotatable bonds is 3. The highest BCUT2D eigenvalue weighted by Crippen LogP contribution is 2.25. The van der Waals surface area contributed by atoms with Crippen LogP contribution in [0.5, 0.6) is 5.75 Å². The molecule has 0 aliphatic carbocycles. The van der Waals surface area contributed by atoms with Crippen LogP contribution in [0, 0.1) is 18.3 Å². The number of sulfonamides is 1. The molecule has 21 heavy (non-hydrogen) atoms. The second-order valence-electron chi connectivity index (χ2n) is 4.36. The van der Waals surface area contributed by atoms with Gasteiger partial charge in [-0.3, -0.25) is 4.72 Å². The van der Waals surface area contributed by atoms with Crippen molar-refractivity contribution in [2.75, 3.05) is 4.72 Å². The van der Waals surface area contributed by atoms with E-state index in [4.69, 9.17) is 16.9 Å². The Morgan fingerprint density at radius 3 is 2.52 bits per heavy atom. The summed E-state index contributed by atoms with van der Waals surface area (Å²) in [4.78, 5) is -0.0426. The van der Waals surface area contributed by atoms with Crippen LogP contribution in [0.25, 0.3) is 0 Å². The molecule has 0 spiro atoms. The molecule has 0 radical (unpaired) electrons. The normalized spacial score (nSPS) is 10.9. The fraction of sp³-hybridized carbons (Fsp3) is 0.0714. The minimum Gasteiger partial charge on any atom is -0.508 e. The molecule has 0 heterocycles. The Morgan fingerprint density at radius 1 is 1.24 bits per heavy atom. The summed E-state index contributed by atoms with van der Waals surface area (Å²) >= 11 is 5.84. The van der Waals surface area contributed by atoms with E-state index in [0.717, 1.165) is 0 Å². The minimum absolute atomic E-state index is 0.0426. The third-order valence-corrected chi connectivity index (χ3v) is 4.50. The van der Waals surface area contributed by atoms with Gasteiger partial charge in [-0.05, 0) is 48.9 Å². The van der Waals surface area contributed by atoms with Crippen molar-refractivity contribution in [1.82, 2.24) is 0 Å². The molecule has 0 aliphatic heterocycles. The number of nitriles is 1. The first-order valence-corrected chi connectivity index (χ1v) is 7.71. The summed E-state index contributed by atoms with van der Waals surface area (Å²) in [6.45, 7) is 1.67. The van der Waals surface area contributed by atoms with E-state index in [1.54, 1.807) is 6.92 Å². The van der Waals surface area contributed by atoms with Crippen LogP contribution >= 0.6 is 11.6 Å². The van der Waals surface area contributed by atoms with E-state index in [1.807, 2.05) is 6.07 Å². The molecule has 108 valence electrons. The van der Waals surface area contributed by atoms with E-state index in [-0.39, 0.29) is 21.2 Å². The van der Waals surface area contributed by atoms with Gasteiger partial charge in [-0.2, -0.15) is 5.26 Å². The van der Waals surface area contributed by atoms with Gasteiger partial charge in [0.2, 0.25) is 0 Å². The lowest BCUT2D eigenvalue weighted by Gasteiger charge is -2.11. The number of benzene rings is 2. The van der Waals surface area contributed by atoms with Gasteiger partial charge in [0.1, 0.15) is 11.8 Å². The highest BCUT2D eigenvalue weighted by Gasteiger charge is 2.17. The molecule has 0 saturated heterocycles. The van der Waals surface area contributed by atoms with Crippen molar-refractivity contribution >= 4 is 27.3 Å². The SMILES string of the molecule is Cc1cc(O)ccc1NS(=O)(=O)c1ccc(C#N)c(Cl)c1. The van der Waals surface area contributed by atoms with E-state index in [2.05, 4.69) is 4.72 Å². The van der Waals surface area contributed by atoms with Crippen LogP contribution in [0.3, 0.4) is 0 Å². The zero-order valence-corrected chi connectivity index (χ0v) is 12.5. The standard InChI is InChI=1S/C14H11ClN2O3S/c1-9-6-11(18)3-5-14(9)17-21(19,20)12-4-2-10(8-16)13(15)7-12/h2-7,17-18H,1H3. The average molecular weight is 323 g/mol. The molecule has 2 rings (SSSR count). The van der Waals surface area contributed by atoms with Gasteiger partial charge in [0.05, 0.1) is 21.2 Å². The minimum atomic E-state index is -3.82. The van der Waals surface area contributed by atoms with Gasteiger partial charge in [-0.15, -0.1) is 0 Å². The van der Waals surface area contributed by atoms with E-state index in [0.29, 0.717) is 11.3 Å². The summed E-state index contributed by atoms with van der Waals surface area (Å²) in [5, 5.41) is 18.2. The fourth-order valence-corrected chi connectivity index (χ4v) is 3.16. The molecule has 0 saturated carbocycles. The molecule has 2 aromatic carbocycles. The number of anilines is 1. The summed E-state index contributed by atoms with van der Waals surface area (Å²) in [5.41, 5.74) is 1.14. The van der Waals surface area contributed by atoms with Crippen LogP contribution in [0.15, 0.2) is 41.3 Å². The van der Waals surface area contributed by atoms with Gasteiger partial charge in [0.15, 0.2) is 0 Å². The van der Waals surface area contributed by atoms with Gasteiger partial charge >= 0.3 is 0 Å². The number of hydrogen-bond acceptors (Lipinski definition) is 4. The van der Waals surface area contributed by atoms with Crippen molar-refractivity contribution in [2.45, 2.75) is 11.8 Å². The van der Waals surface area contributed by atoms with Crippen LogP contribution in [0.2, 0.25) is 5.02 Å². The first-order valence-electron chi connectivity index (χ1n) is 5.85. The van der Waals surface area contributed by atoms with Crippen LogP contribution in [0.4, 0.5) is 5.69 Å². The Bertz CT molecular complexity index is 842. The van der Waals surface area contributed by atoms with Crippen LogP contribution < -0.4 is 4.72 Å².